The molecule has 2 fully saturated rings. The number of hydrogen-bond acceptors (Lipinski definition) is 5. The normalized spacial score (nSPS) is 29.4. The van der Waals surface area contributed by atoms with E-state index in [0.29, 0.717) is 42.9 Å². The standard InChI is InChI=1S/C20H29FN4O2/c1-12(2)13-3-5-14(6-4-13)17-9-15(21)18-10-22-20(24-25(17)18)23-16-7-8-27-11-19(16)26/h9-10,12-14,16,19,26H,3-8,11H2,1-2H3,(H,23,24)/t13-,14-,16-,19-/m1/s1. The maximum Gasteiger partial charge on any atom is 0.241 e. The molecule has 0 spiro atoms. The van der Waals surface area contributed by atoms with Gasteiger partial charge in [-0.3, -0.25) is 0 Å². The van der Waals surface area contributed by atoms with Gasteiger partial charge in [0.15, 0.2) is 5.82 Å². The van der Waals surface area contributed by atoms with Crippen LogP contribution in [0.5, 0.6) is 0 Å². The molecule has 0 bridgehead atoms. The Kier molecular flexibility index (Phi) is 5.32. The van der Waals surface area contributed by atoms with Crippen LogP contribution in [0.1, 0.15) is 57.6 Å². The van der Waals surface area contributed by atoms with Gasteiger partial charge in [-0.25, -0.2) is 13.9 Å². The van der Waals surface area contributed by atoms with Crippen LogP contribution in [0, 0.1) is 17.7 Å². The topological polar surface area (TPSA) is 71.7 Å². The molecule has 27 heavy (non-hydrogen) atoms. The van der Waals surface area contributed by atoms with Crippen molar-refractivity contribution in [2.75, 3.05) is 18.5 Å². The molecule has 1 saturated carbocycles. The Balaban J connectivity index is 1.56. The van der Waals surface area contributed by atoms with Crippen molar-refractivity contribution < 1.29 is 14.2 Å². The maximum atomic E-state index is 14.4. The van der Waals surface area contributed by atoms with Crippen molar-refractivity contribution in [3.05, 3.63) is 23.8 Å². The molecular weight excluding hydrogens is 347 g/mol. The predicted molar refractivity (Wildman–Crippen MR) is 101 cm³/mol. The van der Waals surface area contributed by atoms with Gasteiger partial charge >= 0.3 is 0 Å². The van der Waals surface area contributed by atoms with E-state index < -0.39 is 6.10 Å². The molecule has 1 aliphatic heterocycles. The first-order chi connectivity index (χ1) is 13.0. The number of anilines is 1. The summed E-state index contributed by atoms with van der Waals surface area (Å²) in [6.07, 6.45) is 6.13. The van der Waals surface area contributed by atoms with Crippen LogP contribution in [0.4, 0.5) is 10.3 Å². The number of nitrogens with zero attached hydrogens (tertiary/aromatic N) is 3. The first-order valence-corrected chi connectivity index (χ1v) is 10.1. The molecule has 2 aromatic heterocycles. The second-order valence-corrected chi connectivity index (χ2v) is 8.33. The minimum Gasteiger partial charge on any atom is -0.389 e. The summed E-state index contributed by atoms with van der Waals surface area (Å²) in [5.74, 6) is 1.94. The number of ether oxygens (including phenoxy) is 1. The van der Waals surface area contributed by atoms with Crippen molar-refractivity contribution in [1.82, 2.24) is 14.6 Å². The Hall–Kier alpha value is -1.73. The van der Waals surface area contributed by atoms with Gasteiger partial charge in [0.05, 0.1) is 24.9 Å². The number of aliphatic hydroxyl groups excluding tert-OH is 1. The summed E-state index contributed by atoms with van der Waals surface area (Å²) in [5, 5.41) is 17.8. The third-order valence-corrected chi connectivity index (χ3v) is 6.27. The van der Waals surface area contributed by atoms with Crippen molar-refractivity contribution in [1.29, 1.82) is 0 Å². The van der Waals surface area contributed by atoms with Crippen molar-refractivity contribution in [3.63, 3.8) is 0 Å². The molecule has 4 rings (SSSR count). The average Bonchev–Trinajstić information content (AvgIpc) is 3.00. The SMILES string of the molecule is CC(C)[C@H]1CC[C@H](c2cc(F)c3cnc(N[C@@H]4CCOC[C@H]4O)nn32)CC1. The molecule has 3 heterocycles. The van der Waals surface area contributed by atoms with Gasteiger partial charge in [0.25, 0.3) is 0 Å². The first kappa shape index (κ1) is 18.6. The predicted octanol–water partition coefficient (Wildman–Crippen LogP) is 3.36. The fraction of sp³-hybridized carbons (Fsp3) is 0.700. The van der Waals surface area contributed by atoms with Crippen LogP contribution in [-0.2, 0) is 4.74 Å². The minimum atomic E-state index is -0.592. The van der Waals surface area contributed by atoms with Crippen LogP contribution in [0.2, 0.25) is 0 Å². The van der Waals surface area contributed by atoms with Gasteiger partial charge in [-0.2, -0.15) is 0 Å². The average molecular weight is 376 g/mol. The fourth-order valence-electron chi connectivity index (χ4n) is 4.47. The Morgan fingerprint density at radius 3 is 2.74 bits per heavy atom. The minimum absolute atomic E-state index is 0.151. The summed E-state index contributed by atoms with van der Waals surface area (Å²) in [6.45, 7) is 5.47. The Morgan fingerprint density at radius 2 is 2.04 bits per heavy atom. The number of aliphatic hydroxyl groups is 1. The summed E-state index contributed by atoms with van der Waals surface area (Å²) < 4.78 is 21.4. The maximum absolute atomic E-state index is 14.4. The first-order valence-electron chi connectivity index (χ1n) is 10.1. The molecule has 6 nitrogen and oxygen atoms in total. The number of aromatic nitrogens is 3. The lowest BCUT2D eigenvalue weighted by atomic mass is 9.76. The van der Waals surface area contributed by atoms with E-state index in [9.17, 15) is 9.50 Å². The number of fused-ring (bicyclic) bond motifs is 1. The highest BCUT2D eigenvalue weighted by atomic mass is 19.1. The van der Waals surface area contributed by atoms with Gasteiger partial charge in [-0.05, 0) is 50.0 Å². The summed E-state index contributed by atoms with van der Waals surface area (Å²) in [4.78, 5) is 4.26. The molecule has 1 aliphatic carbocycles. The van der Waals surface area contributed by atoms with Gasteiger partial charge in [-0.1, -0.05) is 13.8 Å². The molecule has 0 amide bonds. The van der Waals surface area contributed by atoms with E-state index in [1.54, 1.807) is 10.6 Å². The Morgan fingerprint density at radius 1 is 1.26 bits per heavy atom. The lowest BCUT2D eigenvalue weighted by Gasteiger charge is -2.30. The van der Waals surface area contributed by atoms with Gasteiger partial charge in [-0.15, -0.1) is 5.10 Å². The van der Waals surface area contributed by atoms with E-state index in [1.807, 2.05) is 0 Å². The van der Waals surface area contributed by atoms with Crippen LogP contribution < -0.4 is 5.32 Å². The van der Waals surface area contributed by atoms with Crippen LogP contribution in [0.15, 0.2) is 12.3 Å². The second kappa shape index (κ2) is 7.72. The third-order valence-electron chi connectivity index (χ3n) is 6.27. The zero-order valence-corrected chi connectivity index (χ0v) is 16.1. The summed E-state index contributed by atoms with van der Waals surface area (Å²) in [6, 6.07) is 1.47. The number of halogens is 1. The second-order valence-electron chi connectivity index (χ2n) is 8.33. The highest BCUT2D eigenvalue weighted by Gasteiger charge is 2.28. The van der Waals surface area contributed by atoms with E-state index in [2.05, 4.69) is 29.2 Å². The van der Waals surface area contributed by atoms with Gasteiger partial charge < -0.3 is 15.2 Å². The molecule has 2 aliphatic rings. The largest absolute Gasteiger partial charge is 0.389 e. The van der Waals surface area contributed by atoms with E-state index in [4.69, 9.17) is 4.74 Å². The van der Waals surface area contributed by atoms with E-state index in [1.165, 1.54) is 19.0 Å². The zero-order valence-electron chi connectivity index (χ0n) is 16.1. The molecule has 0 unspecified atom stereocenters. The zero-order chi connectivity index (χ0) is 19.0. The molecule has 7 heteroatoms. The molecule has 0 aromatic carbocycles. The summed E-state index contributed by atoms with van der Waals surface area (Å²) >= 11 is 0. The van der Waals surface area contributed by atoms with E-state index in [-0.39, 0.29) is 11.9 Å². The summed E-state index contributed by atoms with van der Waals surface area (Å²) in [7, 11) is 0. The fourth-order valence-corrected chi connectivity index (χ4v) is 4.47. The van der Waals surface area contributed by atoms with Crippen LogP contribution in [0.25, 0.3) is 5.52 Å². The molecule has 2 N–H and O–H groups in total. The van der Waals surface area contributed by atoms with Crippen LogP contribution in [0.3, 0.4) is 0 Å². The molecular formula is C20H29FN4O2. The highest BCUT2D eigenvalue weighted by Crippen LogP contribution is 2.39. The van der Waals surface area contributed by atoms with Gasteiger partial charge in [0.2, 0.25) is 5.95 Å². The van der Waals surface area contributed by atoms with Crippen molar-refractivity contribution in [2.24, 2.45) is 11.8 Å². The number of nitrogens with one attached hydrogen (secondary N) is 1. The Bertz CT molecular complexity index is 786. The van der Waals surface area contributed by atoms with Crippen LogP contribution >= 0.6 is 0 Å². The van der Waals surface area contributed by atoms with Gasteiger partial charge in [0.1, 0.15) is 5.52 Å². The highest BCUT2D eigenvalue weighted by molar-refractivity contribution is 5.50. The van der Waals surface area contributed by atoms with Crippen molar-refractivity contribution in [2.45, 2.75) is 64.0 Å². The number of rotatable bonds is 4. The van der Waals surface area contributed by atoms with E-state index >= 15 is 0 Å². The molecule has 148 valence electrons. The monoisotopic (exact) mass is 376 g/mol. The van der Waals surface area contributed by atoms with Crippen molar-refractivity contribution in [3.8, 4) is 0 Å². The lowest BCUT2D eigenvalue weighted by Crippen LogP contribution is -2.42. The number of hydrogen-bond donors (Lipinski definition) is 2. The van der Waals surface area contributed by atoms with Gasteiger partial charge in [0, 0.05) is 18.2 Å². The van der Waals surface area contributed by atoms with E-state index in [0.717, 1.165) is 24.5 Å². The third kappa shape index (κ3) is 3.80. The molecule has 2 aromatic rings. The quantitative estimate of drug-likeness (QED) is 0.856. The molecule has 0 radical (unpaired) electrons. The van der Waals surface area contributed by atoms with Crippen LogP contribution in [-0.4, -0.2) is 45.1 Å². The smallest absolute Gasteiger partial charge is 0.241 e. The Labute approximate surface area is 159 Å². The molecule has 1 saturated heterocycles. The van der Waals surface area contributed by atoms with Crippen molar-refractivity contribution >= 4 is 11.5 Å². The lowest BCUT2D eigenvalue weighted by molar-refractivity contribution is -0.0136. The summed E-state index contributed by atoms with van der Waals surface area (Å²) in [5.41, 5.74) is 1.34. The molecule has 2 atom stereocenters.